The predicted octanol–water partition coefficient (Wildman–Crippen LogP) is 2.61. The standard InChI is InChI=1S/C14H12N2O5/c17-13-11(14(18)19)2-1-3-12(13)15-8-9-4-6-10(7-5-9)16(20)21/h1-7,15,17H,8H2,(H,18,19). The molecule has 2 aromatic carbocycles. The third-order valence-corrected chi connectivity index (χ3v) is 2.90. The number of aromatic carboxylic acids is 1. The number of hydrogen-bond donors (Lipinski definition) is 3. The number of benzene rings is 2. The van der Waals surface area contributed by atoms with Crippen molar-refractivity contribution >= 4 is 17.3 Å². The van der Waals surface area contributed by atoms with E-state index in [1.165, 1.54) is 24.3 Å². The second kappa shape index (κ2) is 5.91. The summed E-state index contributed by atoms with van der Waals surface area (Å²) in [5.74, 6) is -1.56. The zero-order valence-electron chi connectivity index (χ0n) is 10.8. The van der Waals surface area contributed by atoms with E-state index in [9.17, 15) is 20.0 Å². The van der Waals surface area contributed by atoms with Crippen molar-refractivity contribution in [1.29, 1.82) is 0 Å². The minimum absolute atomic E-state index is 0.00512. The van der Waals surface area contributed by atoms with E-state index in [2.05, 4.69) is 5.32 Å². The van der Waals surface area contributed by atoms with Gasteiger partial charge in [0.15, 0.2) is 5.75 Å². The van der Waals surface area contributed by atoms with Gasteiger partial charge in [-0.25, -0.2) is 4.79 Å². The maximum Gasteiger partial charge on any atom is 0.339 e. The van der Waals surface area contributed by atoms with Crippen molar-refractivity contribution in [2.75, 3.05) is 5.32 Å². The first-order valence-electron chi connectivity index (χ1n) is 6.01. The average molecular weight is 288 g/mol. The highest BCUT2D eigenvalue weighted by molar-refractivity contribution is 5.93. The molecule has 0 spiro atoms. The van der Waals surface area contributed by atoms with E-state index in [0.29, 0.717) is 6.54 Å². The number of nitrogens with one attached hydrogen (secondary N) is 1. The summed E-state index contributed by atoms with van der Waals surface area (Å²) < 4.78 is 0. The second-order valence-electron chi connectivity index (χ2n) is 4.28. The molecule has 0 aliphatic heterocycles. The van der Waals surface area contributed by atoms with Crippen LogP contribution in [0.25, 0.3) is 0 Å². The number of anilines is 1. The molecule has 0 heterocycles. The second-order valence-corrected chi connectivity index (χ2v) is 4.28. The zero-order valence-corrected chi connectivity index (χ0v) is 10.8. The van der Waals surface area contributed by atoms with Gasteiger partial charge in [-0.2, -0.15) is 0 Å². The van der Waals surface area contributed by atoms with E-state index in [1.807, 2.05) is 0 Å². The summed E-state index contributed by atoms with van der Waals surface area (Å²) >= 11 is 0. The quantitative estimate of drug-likeness (QED) is 0.443. The fraction of sp³-hybridized carbons (Fsp3) is 0.0714. The topological polar surface area (TPSA) is 113 Å². The first kappa shape index (κ1) is 14.3. The lowest BCUT2D eigenvalue weighted by Gasteiger charge is -2.10. The van der Waals surface area contributed by atoms with Crippen LogP contribution >= 0.6 is 0 Å². The molecule has 0 saturated heterocycles. The van der Waals surface area contributed by atoms with Gasteiger partial charge < -0.3 is 15.5 Å². The minimum Gasteiger partial charge on any atom is -0.505 e. The number of nitro groups is 1. The molecule has 108 valence electrons. The molecule has 0 radical (unpaired) electrons. The summed E-state index contributed by atoms with van der Waals surface area (Å²) in [5.41, 5.74) is 0.854. The molecule has 0 aromatic heterocycles. The lowest BCUT2D eigenvalue weighted by molar-refractivity contribution is -0.384. The van der Waals surface area contributed by atoms with E-state index in [1.54, 1.807) is 18.2 Å². The van der Waals surface area contributed by atoms with Crippen molar-refractivity contribution < 1.29 is 19.9 Å². The minimum atomic E-state index is -1.22. The number of para-hydroxylation sites is 1. The maximum atomic E-state index is 10.9. The molecule has 0 saturated carbocycles. The molecular formula is C14H12N2O5. The van der Waals surface area contributed by atoms with E-state index in [-0.39, 0.29) is 22.7 Å². The van der Waals surface area contributed by atoms with Crippen molar-refractivity contribution in [3.63, 3.8) is 0 Å². The van der Waals surface area contributed by atoms with Crippen LogP contribution in [0.2, 0.25) is 0 Å². The predicted molar refractivity (Wildman–Crippen MR) is 75.5 cm³/mol. The van der Waals surface area contributed by atoms with Crippen molar-refractivity contribution in [2.24, 2.45) is 0 Å². The first-order valence-corrected chi connectivity index (χ1v) is 6.01. The molecule has 0 aliphatic carbocycles. The molecular weight excluding hydrogens is 276 g/mol. The third-order valence-electron chi connectivity index (χ3n) is 2.90. The van der Waals surface area contributed by atoms with Crippen molar-refractivity contribution in [2.45, 2.75) is 6.54 Å². The number of hydrogen-bond acceptors (Lipinski definition) is 5. The number of non-ortho nitro benzene ring substituents is 1. The normalized spacial score (nSPS) is 10.1. The average Bonchev–Trinajstić information content (AvgIpc) is 2.46. The summed E-state index contributed by atoms with van der Waals surface area (Å²) in [6, 6.07) is 10.3. The van der Waals surface area contributed by atoms with Crippen molar-refractivity contribution in [1.82, 2.24) is 0 Å². The van der Waals surface area contributed by atoms with E-state index in [0.717, 1.165) is 5.56 Å². The molecule has 7 nitrogen and oxygen atoms in total. The molecule has 0 fully saturated rings. The highest BCUT2D eigenvalue weighted by Gasteiger charge is 2.12. The summed E-state index contributed by atoms with van der Waals surface area (Å²) in [6.45, 7) is 0.300. The van der Waals surface area contributed by atoms with Crippen LogP contribution in [-0.4, -0.2) is 21.1 Å². The molecule has 0 aliphatic rings. The molecule has 0 amide bonds. The van der Waals surface area contributed by atoms with Gasteiger partial charge in [-0.1, -0.05) is 18.2 Å². The SMILES string of the molecule is O=C(O)c1cccc(NCc2ccc([N+](=O)[O-])cc2)c1O. The number of carboxylic acids is 1. The number of nitro benzene ring substituents is 1. The Hall–Kier alpha value is -3.09. The summed E-state index contributed by atoms with van der Waals surface area (Å²) in [4.78, 5) is 21.0. The number of rotatable bonds is 5. The highest BCUT2D eigenvalue weighted by Crippen LogP contribution is 2.27. The Morgan fingerprint density at radius 1 is 1.19 bits per heavy atom. The number of nitrogens with zero attached hydrogens (tertiary/aromatic N) is 1. The summed E-state index contributed by atoms with van der Waals surface area (Å²) in [5, 5.41) is 32.2. The molecule has 21 heavy (non-hydrogen) atoms. The Morgan fingerprint density at radius 3 is 2.43 bits per heavy atom. The van der Waals surface area contributed by atoms with Crippen molar-refractivity contribution in [3.05, 3.63) is 63.7 Å². The molecule has 2 rings (SSSR count). The smallest absolute Gasteiger partial charge is 0.339 e. The maximum absolute atomic E-state index is 10.9. The van der Waals surface area contributed by atoms with E-state index < -0.39 is 10.9 Å². The van der Waals surface area contributed by atoms with Gasteiger partial charge in [0, 0.05) is 18.7 Å². The molecule has 7 heteroatoms. The van der Waals surface area contributed by atoms with Crippen LogP contribution in [0.15, 0.2) is 42.5 Å². The monoisotopic (exact) mass is 288 g/mol. The van der Waals surface area contributed by atoms with Crippen LogP contribution in [0.1, 0.15) is 15.9 Å². The number of phenols is 1. The molecule has 0 atom stereocenters. The number of aromatic hydroxyl groups is 1. The van der Waals surface area contributed by atoms with Crippen LogP contribution in [0, 0.1) is 10.1 Å². The largest absolute Gasteiger partial charge is 0.505 e. The number of carboxylic acid groups (broad SMARTS) is 1. The van der Waals surface area contributed by atoms with Gasteiger partial charge in [0.05, 0.1) is 10.6 Å². The van der Waals surface area contributed by atoms with E-state index >= 15 is 0 Å². The number of carbonyl (C=O) groups is 1. The Balaban J connectivity index is 2.11. The summed E-state index contributed by atoms with van der Waals surface area (Å²) in [7, 11) is 0. The van der Waals surface area contributed by atoms with Gasteiger partial charge in [0.25, 0.3) is 5.69 Å². The van der Waals surface area contributed by atoms with Gasteiger partial charge in [0.1, 0.15) is 5.56 Å². The fourth-order valence-corrected chi connectivity index (χ4v) is 1.79. The van der Waals surface area contributed by atoms with Crippen LogP contribution in [0.4, 0.5) is 11.4 Å². The Kier molecular flexibility index (Phi) is 4.03. The van der Waals surface area contributed by atoms with Gasteiger partial charge in [-0.3, -0.25) is 10.1 Å². The molecule has 3 N–H and O–H groups in total. The zero-order chi connectivity index (χ0) is 15.4. The Morgan fingerprint density at radius 2 is 1.86 bits per heavy atom. The van der Waals surface area contributed by atoms with Gasteiger partial charge in [-0.15, -0.1) is 0 Å². The molecule has 0 bridgehead atoms. The molecule has 0 unspecified atom stereocenters. The third kappa shape index (κ3) is 3.27. The first-order chi connectivity index (χ1) is 9.99. The molecule has 2 aromatic rings. The van der Waals surface area contributed by atoms with Crippen LogP contribution in [0.5, 0.6) is 5.75 Å². The van der Waals surface area contributed by atoms with Gasteiger partial charge in [-0.05, 0) is 17.7 Å². The van der Waals surface area contributed by atoms with Gasteiger partial charge in [0.2, 0.25) is 0 Å². The van der Waals surface area contributed by atoms with Crippen LogP contribution in [-0.2, 0) is 6.54 Å². The lowest BCUT2D eigenvalue weighted by atomic mass is 10.1. The highest BCUT2D eigenvalue weighted by atomic mass is 16.6. The fourth-order valence-electron chi connectivity index (χ4n) is 1.79. The summed E-state index contributed by atoms with van der Waals surface area (Å²) in [6.07, 6.45) is 0. The van der Waals surface area contributed by atoms with Gasteiger partial charge >= 0.3 is 5.97 Å². The lowest BCUT2D eigenvalue weighted by Crippen LogP contribution is -2.03. The van der Waals surface area contributed by atoms with E-state index in [4.69, 9.17) is 5.11 Å². The van der Waals surface area contributed by atoms with Crippen molar-refractivity contribution in [3.8, 4) is 5.75 Å². The van der Waals surface area contributed by atoms with Crippen LogP contribution in [0.3, 0.4) is 0 Å². The van der Waals surface area contributed by atoms with Crippen LogP contribution < -0.4 is 5.32 Å². The Bertz CT molecular complexity index is 682. The Labute approximate surface area is 119 Å².